The smallest absolute Gasteiger partial charge is 0.368 e. The van der Waals surface area contributed by atoms with E-state index in [4.69, 9.17) is 0 Å². The first kappa shape index (κ1) is 43.1. The fraction of sp³-hybridized carbons (Fsp3) is 0.958. The average molecular weight is 704 g/mol. The molecule has 44 heavy (non-hydrogen) atoms. The van der Waals surface area contributed by atoms with Crippen LogP contribution in [0.2, 0.25) is 0 Å². The van der Waals surface area contributed by atoms with Gasteiger partial charge in [0.15, 0.2) is 0 Å². The number of carbonyl (C=O) groups excluding carboxylic acids is 1. The van der Waals surface area contributed by atoms with Gasteiger partial charge in [-0.05, 0) is 40.0 Å². The molecule has 0 fully saturated rings. The summed E-state index contributed by atoms with van der Waals surface area (Å²) in [7, 11) is -11.8. The first-order chi connectivity index (χ1) is 18.8. The van der Waals surface area contributed by atoms with Crippen LogP contribution in [-0.4, -0.2) is 65.3 Å². The van der Waals surface area contributed by atoms with Crippen molar-refractivity contribution in [3.05, 3.63) is 0 Å². The molecule has 0 spiro atoms. The molecular formula is C24H43F8NO9P2. The highest BCUT2D eigenvalue weighted by Gasteiger charge is 2.74. The molecule has 0 aliphatic carbocycles. The van der Waals surface area contributed by atoms with Crippen molar-refractivity contribution in [2.24, 2.45) is 28.6 Å². The fourth-order valence-electron chi connectivity index (χ4n) is 4.75. The summed E-state index contributed by atoms with van der Waals surface area (Å²) in [6.45, 7) is 7.52. The lowest BCUT2D eigenvalue weighted by atomic mass is 9.70. The van der Waals surface area contributed by atoms with Gasteiger partial charge in [-0.25, -0.2) is 13.2 Å². The molecule has 0 heterocycles. The molecule has 10 nitrogen and oxygen atoms in total. The monoisotopic (exact) mass is 703 g/mol. The number of halogens is 8. The van der Waals surface area contributed by atoms with Gasteiger partial charge in [-0.15, -0.1) is 0 Å². The van der Waals surface area contributed by atoms with Gasteiger partial charge in [-0.2, -0.15) is 22.0 Å². The van der Waals surface area contributed by atoms with Gasteiger partial charge >= 0.3 is 33.3 Å². The zero-order chi connectivity index (χ0) is 36.1. The van der Waals surface area contributed by atoms with Gasteiger partial charge in [-0.3, -0.25) is 18.7 Å². The van der Waals surface area contributed by atoms with Crippen LogP contribution >= 0.6 is 15.2 Å². The Balaban J connectivity index is 6.45. The van der Waals surface area contributed by atoms with E-state index in [1.165, 1.54) is 0 Å². The van der Waals surface area contributed by atoms with Crippen LogP contribution < -0.4 is 5.32 Å². The second-order valence-corrected chi connectivity index (χ2v) is 17.3. The topological polar surface area (TPSA) is 174 Å². The van der Waals surface area contributed by atoms with E-state index in [0.29, 0.717) is 20.8 Å². The molecule has 0 saturated heterocycles. The minimum absolute atomic E-state index is 0.268. The lowest BCUT2D eigenvalue weighted by Crippen LogP contribution is -2.65. The predicted molar refractivity (Wildman–Crippen MR) is 142 cm³/mol. The summed E-state index contributed by atoms with van der Waals surface area (Å²) in [6, 6.07) is 0. The molecule has 1 amide bonds. The van der Waals surface area contributed by atoms with Gasteiger partial charge in [-0.1, -0.05) is 41.5 Å². The van der Waals surface area contributed by atoms with Crippen LogP contribution in [0.15, 0.2) is 0 Å². The summed E-state index contributed by atoms with van der Waals surface area (Å²) < 4.78 is 145. The maximum absolute atomic E-state index is 15.9. The fourth-order valence-corrected chi connectivity index (χ4v) is 7.20. The quantitative estimate of drug-likeness (QED) is 0.0868. The third-order valence-corrected chi connectivity index (χ3v) is 11.8. The van der Waals surface area contributed by atoms with Crippen LogP contribution in [0.5, 0.6) is 0 Å². The van der Waals surface area contributed by atoms with Gasteiger partial charge in [0.05, 0.1) is 5.92 Å². The lowest BCUT2D eigenvalue weighted by molar-refractivity contribution is -0.451. The van der Waals surface area contributed by atoms with E-state index in [1.54, 1.807) is 0 Å². The predicted octanol–water partition coefficient (Wildman–Crippen LogP) is 6.12. The van der Waals surface area contributed by atoms with E-state index in [0.717, 1.165) is 34.6 Å². The summed E-state index contributed by atoms with van der Waals surface area (Å²) in [6.07, 6.45) is -13.4. The minimum Gasteiger partial charge on any atom is -0.368 e. The first-order valence-corrected chi connectivity index (χ1v) is 16.4. The normalized spacial score (nSPS) is 18.2. The largest absolute Gasteiger partial charge is 0.449 e. The number of amides is 1. The zero-order valence-corrected chi connectivity index (χ0v) is 27.7. The summed E-state index contributed by atoms with van der Waals surface area (Å²) >= 11 is 0. The van der Waals surface area contributed by atoms with Crippen molar-refractivity contribution in [1.82, 2.24) is 5.32 Å². The molecule has 3 atom stereocenters. The number of hydrogen-bond acceptors (Lipinski definition) is 5. The van der Waals surface area contributed by atoms with E-state index in [-0.39, 0.29) is 13.8 Å². The Hall–Kier alpha value is -0.870. The number of aliphatic hydroxyl groups is 1. The second kappa shape index (κ2) is 12.6. The van der Waals surface area contributed by atoms with Crippen LogP contribution in [0.1, 0.15) is 82.1 Å². The molecule has 0 aliphatic heterocycles. The van der Waals surface area contributed by atoms with Crippen LogP contribution in [0.3, 0.4) is 0 Å². The Morgan fingerprint density at radius 1 is 0.773 bits per heavy atom. The van der Waals surface area contributed by atoms with Crippen LogP contribution in [-0.2, 0) is 18.7 Å². The van der Waals surface area contributed by atoms with E-state index in [1.807, 2.05) is 5.32 Å². The van der Waals surface area contributed by atoms with Crippen LogP contribution in [0, 0.1) is 28.6 Å². The lowest BCUT2D eigenvalue weighted by Gasteiger charge is -2.47. The Morgan fingerprint density at radius 3 is 1.48 bits per heavy atom. The summed E-state index contributed by atoms with van der Waals surface area (Å²) in [5.74, 6) is -16.8. The van der Waals surface area contributed by atoms with Crippen molar-refractivity contribution in [2.45, 2.75) is 117 Å². The van der Waals surface area contributed by atoms with E-state index < -0.39 is 97.2 Å². The van der Waals surface area contributed by atoms with Crippen molar-refractivity contribution < 1.29 is 78.5 Å². The number of carbonyl (C=O) groups is 1. The molecule has 0 aromatic rings. The Morgan fingerprint density at radius 2 is 1.16 bits per heavy atom. The number of nitrogens with one attached hydrogen (secondary N) is 1. The molecule has 0 radical (unpaired) electrons. The molecule has 0 rings (SSSR count). The molecule has 0 aromatic carbocycles. The van der Waals surface area contributed by atoms with Crippen molar-refractivity contribution in [3.63, 3.8) is 0 Å². The third kappa shape index (κ3) is 8.34. The SMILES string of the molecule is CC(CC(C)(C)NC(=O)C(C)(C)C(F)(OC(F)(F)C(C)C(C)(C)C(F)(F)C(C)C)C(F)(F)F)CC(O)(P(=O)(O)O)P(=O)(O)O. The molecule has 6 N–H and O–H groups in total. The van der Waals surface area contributed by atoms with Crippen LogP contribution in [0.4, 0.5) is 35.1 Å². The Bertz CT molecular complexity index is 1110. The van der Waals surface area contributed by atoms with Gasteiger partial charge in [0.2, 0.25) is 5.91 Å². The van der Waals surface area contributed by atoms with Gasteiger partial charge < -0.3 is 30.0 Å². The van der Waals surface area contributed by atoms with Crippen molar-refractivity contribution in [1.29, 1.82) is 0 Å². The molecule has 0 aromatic heterocycles. The highest BCUT2D eigenvalue weighted by molar-refractivity contribution is 7.72. The van der Waals surface area contributed by atoms with Crippen LogP contribution in [0.25, 0.3) is 0 Å². The van der Waals surface area contributed by atoms with E-state index in [9.17, 15) is 60.6 Å². The second-order valence-electron chi connectivity index (χ2n) is 13.3. The maximum Gasteiger partial charge on any atom is 0.449 e. The summed E-state index contributed by atoms with van der Waals surface area (Å²) in [5.41, 5.74) is -8.08. The summed E-state index contributed by atoms with van der Waals surface area (Å²) in [5, 5.41) is 8.22. The molecule has 0 bridgehead atoms. The average Bonchev–Trinajstić information content (AvgIpc) is 2.74. The van der Waals surface area contributed by atoms with Crippen molar-refractivity contribution in [2.75, 3.05) is 0 Å². The van der Waals surface area contributed by atoms with Gasteiger partial charge in [0, 0.05) is 23.3 Å². The number of alkyl halides is 8. The number of ether oxygens (including phenoxy) is 1. The third-order valence-electron chi connectivity index (χ3n) is 8.05. The van der Waals surface area contributed by atoms with Gasteiger partial charge in [0.1, 0.15) is 5.41 Å². The molecule has 264 valence electrons. The van der Waals surface area contributed by atoms with Crippen molar-refractivity contribution in [3.8, 4) is 0 Å². The van der Waals surface area contributed by atoms with Crippen molar-refractivity contribution >= 4 is 21.1 Å². The first-order valence-electron chi connectivity index (χ1n) is 13.2. The Labute approximate surface area is 250 Å². The molecular weight excluding hydrogens is 660 g/mol. The summed E-state index contributed by atoms with van der Waals surface area (Å²) in [4.78, 5) is 50.4. The molecule has 0 saturated carbocycles. The van der Waals surface area contributed by atoms with Gasteiger partial charge in [0.25, 0.3) is 11.0 Å². The standard InChI is InChI=1S/C24H43F8NO9P2/c1-13(2)21(25,26)18(7,8)15(4)22(27,28)42-23(29,24(30,31)32)19(9,10)16(34)33-17(5,6)11-14(3)12-20(35,43(36,37)38)44(39,40)41/h13-15,35H,11-12H2,1-10H3,(H,33,34)(H2,36,37,38)(H2,39,40,41). The zero-order valence-electron chi connectivity index (χ0n) is 25.9. The molecule has 20 heteroatoms. The maximum atomic E-state index is 15.9. The van der Waals surface area contributed by atoms with E-state index in [2.05, 4.69) is 4.74 Å². The van der Waals surface area contributed by atoms with E-state index >= 15 is 13.2 Å². The Kier molecular flexibility index (Phi) is 12.4. The molecule has 0 aliphatic rings. The highest BCUT2D eigenvalue weighted by atomic mass is 31.2. The number of rotatable bonds is 15. The number of hydrogen-bond donors (Lipinski definition) is 6. The highest BCUT2D eigenvalue weighted by Crippen LogP contribution is 2.70. The minimum atomic E-state index is -6.33. The molecule has 3 unspecified atom stereocenters.